The number of nitrogens with one attached hydrogen (secondary N) is 1. The quantitative estimate of drug-likeness (QED) is 0.557. The van der Waals surface area contributed by atoms with E-state index < -0.39 is 0 Å². The highest BCUT2D eigenvalue weighted by Gasteiger charge is 2.12. The second-order valence-corrected chi connectivity index (χ2v) is 7.77. The summed E-state index contributed by atoms with van der Waals surface area (Å²) in [6.07, 6.45) is 1.09. The predicted octanol–water partition coefficient (Wildman–Crippen LogP) is 4.39. The Kier molecular flexibility index (Phi) is 8.90. The van der Waals surface area contributed by atoms with Gasteiger partial charge < -0.3 is 19.5 Å². The van der Waals surface area contributed by atoms with Gasteiger partial charge in [-0.2, -0.15) is 0 Å². The molecule has 1 aliphatic rings. The maximum atomic E-state index is 6.48. The molecule has 0 unspecified atom stereocenters. The zero-order valence-corrected chi connectivity index (χ0v) is 18.3. The van der Waals surface area contributed by atoms with Gasteiger partial charge in [0, 0.05) is 41.3 Å². The van der Waals surface area contributed by atoms with Crippen LogP contribution in [0.1, 0.15) is 17.5 Å². The van der Waals surface area contributed by atoms with E-state index in [-0.39, 0.29) is 0 Å². The van der Waals surface area contributed by atoms with Gasteiger partial charge in [0.05, 0.1) is 20.3 Å². The van der Waals surface area contributed by atoms with Crippen LogP contribution in [0.4, 0.5) is 0 Å². The molecule has 29 heavy (non-hydrogen) atoms. The summed E-state index contributed by atoms with van der Waals surface area (Å²) in [5.41, 5.74) is 1.90. The lowest BCUT2D eigenvalue weighted by molar-refractivity contribution is 0.0374. The van der Waals surface area contributed by atoms with Crippen molar-refractivity contribution in [3.05, 3.63) is 57.6 Å². The second-order valence-electron chi connectivity index (χ2n) is 6.96. The molecule has 0 aromatic heterocycles. The average Bonchev–Trinajstić information content (AvgIpc) is 2.74. The Bertz CT molecular complexity index is 783. The van der Waals surface area contributed by atoms with E-state index in [9.17, 15) is 0 Å². The topological polar surface area (TPSA) is 43.0 Å². The lowest BCUT2D eigenvalue weighted by atomic mass is 10.2. The van der Waals surface area contributed by atoms with Gasteiger partial charge in [-0.25, -0.2) is 0 Å². The van der Waals surface area contributed by atoms with Gasteiger partial charge in [0.2, 0.25) is 0 Å². The highest BCUT2D eigenvalue weighted by Crippen LogP contribution is 2.34. The number of ether oxygens (including phenoxy) is 3. The van der Waals surface area contributed by atoms with Crippen molar-refractivity contribution in [2.75, 3.05) is 46.5 Å². The highest BCUT2D eigenvalue weighted by atomic mass is 35.5. The van der Waals surface area contributed by atoms with Gasteiger partial charge in [-0.15, -0.1) is 0 Å². The SMILES string of the molecule is COc1cc(CNCCCN2CCOCC2)c(Cl)cc1OCc1ccccc1Cl. The number of halogens is 2. The van der Waals surface area contributed by atoms with Crippen LogP contribution in [0.15, 0.2) is 36.4 Å². The molecule has 7 heteroatoms. The minimum absolute atomic E-state index is 0.353. The number of methoxy groups -OCH3 is 1. The maximum absolute atomic E-state index is 6.48. The standard InChI is InChI=1S/C22H28Cl2N2O3/c1-27-21-13-18(15-25-7-4-8-26-9-11-28-12-10-26)20(24)14-22(21)29-16-17-5-2-3-6-19(17)23/h2-3,5-6,13-14,25H,4,7-12,15-16H2,1H3. The molecule has 0 atom stereocenters. The second kappa shape index (κ2) is 11.6. The summed E-state index contributed by atoms with van der Waals surface area (Å²) in [6.45, 7) is 6.79. The Morgan fingerprint density at radius 1 is 1.03 bits per heavy atom. The summed E-state index contributed by atoms with van der Waals surface area (Å²) in [5, 5.41) is 4.79. The van der Waals surface area contributed by atoms with E-state index >= 15 is 0 Å². The van der Waals surface area contributed by atoms with Crippen molar-refractivity contribution in [1.82, 2.24) is 10.2 Å². The van der Waals surface area contributed by atoms with E-state index in [1.54, 1.807) is 7.11 Å². The maximum Gasteiger partial charge on any atom is 0.163 e. The van der Waals surface area contributed by atoms with Gasteiger partial charge in [-0.05, 0) is 37.2 Å². The number of hydrogen-bond acceptors (Lipinski definition) is 5. The van der Waals surface area contributed by atoms with Crippen LogP contribution in [0.5, 0.6) is 11.5 Å². The molecule has 1 saturated heterocycles. The number of morpholine rings is 1. The fourth-order valence-electron chi connectivity index (χ4n) is 3.23. The molecule has 1 heterocycles. The molecule has 0 amide bonds. The van der Waals surface area contributed by atoms with Crippen molar-refractivity contribution in [1.29, 1.82) is 0 Å². The number of benzene rings is 2. The smallest absolute Gasteiger partial charge is 0.163 e. The Hall–Kier alpha value is -1.50. The molecule has 158 valence electrons. The lowest BCUT2D eigenvalue weighted by Crippen LogP contribution is -2.37. The predicted molar refractivity (Wildman–Crippen MR) is 117 cm³/mol. The lowest BCUT2D eigenvalue weighted by Gasteiger charge is -2.26. The third kappa shape index (κ3) is 6.76. The van der Waals surface area contributed by atoms with Gasteiger partial charge in [-0.3, -0.25) is 4.90 Å². The zero-order valence-electron chi connectivity index (χ0n) is 16.8. The zero-order chi connectivity index (χ0) is 20.5. The number of hydrogen-bond donors (Lipinski definition) is 1. The molecule has 0 saturated carbocycles. The molecule has 1 fully saturated rings. The van der Waals surface area contributed by atoms with Crippen molar-refractivity contribution in [2.24, 2.45) is 0 Å². The van der Waals surface area contributed by atoms with Gasteiger partial charge in [0.25, 0.3) is 0 Å². The third-order valence-corrected chi connectivity index (χ3v) is 5.64. The Morgan fingerprint density at radius 2 is 1.83 bits per heavy atom. The summed E-state index contributed by atoms with van der Waals surface area (Å²) >= 11 is 12.7. The first-order valence-electron chi connectivity index (χ1n) is 9.91. The average molecular weight is 439 g/mol. The van der Waals surface area contributed by atoms with Crippen LogP contribution >= 0.6 is 23.2 Å². The highest BCUT2D eigenvalue weighted by molar-refractivity contribution is 6.31. The summed E-state index contributed by atoms with van der Waals surface area (Å²) in [4.78, 5) is 2.44. The molecule has 1 N–H and O–H groups in total. The fraction of sp³-hybridized carbons (Fsp3) is 0.455. The van der Waals surface area contributed by atoms with Crippen molar-refractivity contribution >= 4 is 23.2 Å². The van der Waals surface area contributed by atoms with Crippen LogP contribution in [0.2, 0.25) is 10.0 Å². The number of nitrogens with zero attached hydrogens (tertiary/aromatic N) is 1. The Labute approximate surface area is 182 Å². The number of rotatable bonds is 10. The first kappa shape index (κ1) is 22.2. The van der Waals surface area contributed by atoms with E-state index in [2.05, 4.69) is 10.2 Å². The molecular weight excluding hydrogens is 411 g/mol. The van der Waals surface area contributed by atoms with E-state index in [1.165, 1.54) is 0 Å². The molecule has 3 rings (SSSR count). The van der Waals surface area contributed by atoms with Gasteiger partial charge >= 0.3 is 0 Å². The fourth-order valence-corrected chi connectivity index (χ4v) is 3.64. The molecule has 5 nitrogen and oxygen atoms in total. The van der Waals surface area contributed by atoms with Gasteiger partial charge in [-0.1, -0.05) is 41.4 Å². The summed E-state index contributed by atoms with van der Waals surface area (Å²) in [6, 6.07) is 11.3. The molecule has 0 spiro atoms. The summed E-state index contributed by atoms with van der Waals surface area (Å²) in [5.74, 6) is 1.26. The molecule has 2 aromatic carbocycles. The summed E-state index contributed by atoms with van der Waals surface area (Å²) in [7, 11) is 1.63. The van der Waals surface area contributed by atoms with Gasteiger partial charge in [0.15, 0.2) is 11.5 Å². The molecule has 0 radical (unpaired) electrons. The van der Waals surface area contributed by atoms with Crippen molar-refractivity contribution < 1.29 is 14.2 Å². The summed E-state index contributed by atoms with van der Waals surface area (Å²) < 4.78 is 16.8. The third-order valence-electron chi connectivity index (χ3n) is 4.92. The van der Waals surface area contributed by atoms with Crippen LogP contribution in [0.25, 0.3) is 0 Å². The van der Waals surface area contributed by atoms with E-state index in [1.807, 2.05) is 36.4 Å². The van der Waals surface area contributed by atoms with Crippen molar-refractivity contribution in [3.8, 4) is 11.5 Å². The molecule has 0 bridgehead atoms. The first-order chi connectivity index (χ1) is 14.2. The Balaban J connectivity index is 1.50. The first-order valence-corrected chi connectivity index (χ1v) is 10.7. The van der Waals surface area contributed by atoms with Gasteiger partial charge in [0.1, 0.15) is 6.61 Å². The minimum atomic E-state index is 0.353. The van der Waals surface area contributed by atoms with Crippen LogP contribution in [-0.4, -0.2) is 51.4 Å². The van der Waals surface area contributed by atoms with Crippen LogP contribution < -0.4 is 14.8 Å². The van der Waals surface area contributed by atoms with Crippen LogP contribution in [-0.2, 0) is 17.9 Å². The van der Waals surface area contributed by atoms with E-state index in [4.69, 9.17) is 37.4 Å². The minimum Gasteiger partial charge on any atom is -0.493 e. The largest absolute Gasteiger partial charge is 0.493 e. The van der Waals surface area contributed by atoms with E-state index in [0.29, 0.717) is 34.7 Å². The van der Waals surface area contributed by atoms with Crippen molar-refractivity contribution in [2.45, 2.75) is 19.6 Å². The normalized spacial score (nSPS) is 14.7. The molecular formula is C22H28Cl2N2O3. The molecule has 2 aromatic rings. The Morgan fingerprint density at radius 3 is 2.59 bits per heavy atom. The van der Waals surface area contributed by atoms with E-state index in [0.717, 1.165) is 56.9 Å². The monoisotopic (exact) mass is 438 g/mol. The van der Waals surface area contributed by atoms with Crippen LogP contribution in [0.3, 0.4) is 0 Å². The van der Waals surface area contributed by atoms with Crippen LogP contribution in [0, 0.1) is 0 Å². The molecule has 1 aliphatic heterocycles. The molecule has 0 aliphatic carbocycles. The van der Waals surface area contributed by atoms with Crippen molar-refractivity contribution in [3.63, 3.8) is 0 Å².